The molecule has 0 saturated carbocycles. The summed E-state index contributed by atoms with van der Waals surface area (Å²) in [6.07, 6.45) is -10.5. The number of hydrogen-bond acceptors (Lipinski definition) is 15. The fraction of sp³-hybridized carbons (Fsp3) is 0.871. The number of carbonyl (C=O) groups is 4. The molecule has 0 aliphatic carbocycles. The predicted octanol–water partition coefficient (Wildman–Crippen LogP) is -3.75. The van der Waals surface area contributed by atoms with Gasteiger partial charge in [0.25, 0.3) is 0 Å². The van der Waals surface area contributed by atoms with E-state index in [9.17, 15) is 49.8 Å². The molecular weight excluding hydrogens is 652 g/mol. The van der Waals surface area contributed by atoms with Crippen molar-refractivity contribution >= 4 is 23.5 Å². The van der Waals surface area contributed by atoms with Gasteiger partial charge in [0.2, 0.25) is 17.7 Å². The molecule has 0 bridgehead atoms. The van der Waals surface area contributed by atoms with Gasteiger partial charge in [-0.3, -0.25) is 24.1 Å². The van der Waals surface area contributed by atoms with Gasteiger partial charge in [0.05, 0.1) is 32.0 Å². The minimum atomic E-state index is -1.46. The fourth-order valence-corrected chi connectivity index (χ4v) is 5.22. The van der Waals surface area contributed by atoms with Gasteiger partial charge in [-0.1, -0.05) is 0 Å². The van der Waals surface area contributed by atoms with Crippen molar-refractivity contribution in [2.45, 2.75) is 121 Å². The average Bonchev–Trinajstić information content (AvgIpc) is 3.07. The number of carbonyl (C=O) groups excluding carboxylic acids is 4. The number of aliphatic hydroxyl groups excluding tert-OH is 6. The summed E-state index contributed by atoms with van der Waals surface area (Å²) in [5.74, 6) is -0.875. The molecule has 49 heavy (non-hydrogen) atoms. The third kappa shape index (κ3) is 15.2. The van der Waals surface area contributed by atoms with Crippen LogP contribution in [0, 0.1) is 0 Å². The molecule has 18 nitrogen and oxygen atoms in total. The van der Waals surface area contributed by atoms with Crippen LogP contribution in [0.2, 0.25) is 0 Å². The lowest BCUT2D eigenvalue weighted by Crippen LogP contribution is -2.57. The first-order chi connectivity index (χ1) is 23.2. The Morgan fingerprint density at radius 3 is 1.49 bits per heavy atom. The minimum absolute atomic E-state index is 0.000474. The van der Waals surface area contributed by atoms with E-state index < -0.39 is 61.4 Å². The number of rotatable bonds is 22. The molecule has 284 valence electrons. The number of aliphatic hydroxyl groups is 6. The lowest BCUT2D eigenvalue weighted by molar-refractivity contribution is -0.292. The summed E-state index contributed by atoms with van der Waals surface area (Å²) in [6.45, 7) is 5.80. The summed E-state index contributed by atoms with van der Waals surface area (Å²) in [5, 5.41) is 67.5. The van der Waals surface area contributed by atoms with Crippen molar-refractivity contribution in [3.05, 3.63) is 0 Å². The number of hydrogen-bond donors (Lipinski definition) is 9. The second-order valence-corrected chi connectivity index (χ2v) is 12.3. The molecule has 10 atom stereocenters. The molecule has 0 aromatic rings. The van der Waals surface area contributed by atoms with Crippen LogP contribution >= 0.6 is 0 Å². The fourth-order valence-electron chi connectivity index (χ4n) is 5.22. The zero-order valence-electron chi connectivity index (χ0n) is 28.6. The van der Waals surface area contributed by atoms with Crippen LogP contribution in [-0.4, -0.2) is 173 Å². The quantitative estimate of drug-likeness (QED) is 0.0489. The molecule has 2 heterocycles. The second-order valence-electron chi connectivity index (χ2n) is 12.3. The van der Waals surface area contributed by atoms with E-state index in [-0.39, 0.29) is 88.7 Å². The number of nitrogens with one attached hydrogen (secondary N) is 3. The van der Waals surface area contributed by atoms with Gasteiger partial charge in [-0.05, 0) is 33.6 Å². The number of nitrogens with zero attached hydrogens (tertiary/aromatic N) is 1. The van der Waals surface area contributed by atoms with Crippen molar-refractivity contribution in [3.8, 4) is 0 Å². The molecule has 2 aliphatic rings. The van der Waals surface area contributed by atoms with Crippen molar-refractivity contribution in [2.24, 2.45) is 0 Å². The van der Waals surface area contributed by atoms with Crippen molar-refractivity contribution in [1.82, 2.24) is 20.9 Å². The van der Waals surface area contributed by atoms with Crippen LogP contribution in [0.25, 0.3) is 0 Å². The van der Waals surface area contributed by atoms with Crippen LogP contribution in [0.15, 0.2) is 0 Å². The highest BCUT2D eigenvalue weighted by molar-refractivity contribution is 5.81. The molecule has 0 aromatic carbocycles. The summed E-state index contributed by atoms with van der Waals surface area (Å²) in [5.41, 5.74) is 0. The Balaban J connectivity index is 1.77. The first kappa shape index (κ1) is 42.8. The molecule has 0 aromatic heterocycles. The highest BCUT2D eigenvalue weighted by Crippen LogP contribution is 2.22. The minimum Gasteiger partial charge on any atom is -0.388 e. The van der Waals surface area contributed by atoms with Crippen LogP contribution in [0.3, 0.4) is 0 Å². The molecule has 18 heteroatoms. The number of ketones is 1. The molecule has 0 spiro atoms. The van der Waals surface area contributed by atoms with E-state index in [1.165, 1.54) is 13.8 Å². The monoisotopic (exact) mass is 708 g/mol. The molecule has 2 rings (SSSR count). The van der Waals surface area contributed by atoms with Gasteiger partial charge in [0, 0.05) is 58.4 Å². The van der Waals surface area contributed by atoms with Gasteiger partial charge in [-0.25, -0.2) is 0 Å². The van der Waals surface area contributed by atoms with Crippen molar-refractivity contribution in [1.29, 1.82) is 0 Å². The Bertz CT molecular complexity index is 967. The number of unbranched alkanes of at least 4 members (excludes halogenated alkanes) is 1. The maximum absolute atomic E-state index is 12.7. The summed E-state index contributed by atoms with van der Waals surface area (Å²) in [6, 6.07) is 0. The van der Waals surface area contributed by atoms with E-state index in [1.807, 2.05) is 6.92 Å². The first-order valence-corrected chi connectivity index (χ1v) is 16.9. The number of amides is 3. The SMILES string of the molecule is CCNC(=O)CCCCC(=O)CN(CCC(=O)NCCO[C@@H]1O[C@@H](C)[C@@H](O)[C@@H](O)[C@@H]1O)CCC(=O)NCCO[C@@H]1O[C@@H](C)[C@@H](O)[C@@H](O)[C@@H]1O. The Kier molecular flexibility index (Phi) is 19.6. The number of Topliss-reactive ketones (excluding diaryl/α,β-unsaturated/α-hetero) is 1. The Morgan fingerprint density at radius 2 is 1.04 bits per heavy atom. The number of ether oxygens (including phenoxy) is 4. The Morgan fingerprint density at radius 1 is 0.612 bits per heavy atom. The van der Waals surface area contributed by atoms with Gasteiger partial charge < -0.3 is 65.5 Å². The van der Waals surface area contributed by atoms with Gasteiger partial charge >= 0.3 is 0 Å². The molecule has 2 saturated heterocycles. The highest BCUT2D eigenvalue weighted by Gasteiger charge is 2.43. The van der Waals surface area contributed by atoms with Gasteiger partial charge in [-0.2, -0.15) is 0 Å². The summed E-state index contributed by atoms with van der Waals surface area (Å²) < 4.78 is 21.5. The van der Waals surface area contributed by atoms with Gasteiger partial charge in [0.15, 0.2) is 12.6 Å². The van der Waals surface area contributed by atoms with Crippen LogP contribution in [-0.2, 0) is 38.1 Å². The highest BCUT2D eigenvalue weighted by atomic mass is 16.7. The lowest BCUT2D eigenvalue weighted by Gasteiger charge is -2.38. The second kappa shape index (κ2) is 22.5. The molecular formula is C31H56N4O14. The molecule has 2 aliphatic heterocycles. The standard InChI is InChI=1S/C31H56N4O14/c1-4-32-21(37)8-6-5-7-20(36)17-35(13-9-22(38)33-11-15-46-30-28(44)26(42)24(40)18(2)48-30)14-10-23(39)34-12-16-47-31-29(45)27(43)25(41)19(3)49-31/h18-19,24-31,40-45H,4-17H2,1-3H3,(H,32,37)(H,33,38)(H,34,39)/t18-,19-,24+,25+,26+,27+,28-,29-,30+,31+/m0/s1. The smallest absolute Gasteiger partial charge is 0.221 e. The molecule has 0 unspecified atom stereocenters. The third-order valence-corrected chi connectivity index (χ3v) is 8.22. The lowest BCUT2D eigenvalue weighted by atomic mass is 10.0. The summed E-state index contributed by atoms with van der Waals surface area (Å²) in [7, 11) is 0. The van der Waals surface area contributed by atoms with Crippen molar-refractivity contribution in [2.75, 3.05) is 52.5 Å². The van der Waals surface area contributed by atoms with E-state index in [0.717, 1.165) is 0 Å². The molecule has 2 fully saturated rings. The van der Waals surface area contributed by atoms with Gasteiger partial charge in [0.1, 0.15) is 42.4 Å². The maximum atomic E-state index is 12.7. The van der Waals surface area contributed by atoms with E-state index in [2.05, 4.69) is 16.0 Å². The normalized spacial score (nSPS) is 30.2. The first-order valence-electron chi connectivity index (χ1n) is 16.9. The van der Waals surface area contributed by atoms with Crippen molar-refractivity contribution < 1.29 is 68.8 Å². The van der Waals surface area contributed by atoms with Gasteiger partial charge in [-0.15, -0.1) is 0 Å². The maximum Gasteiger partial charge on any atom is 0.221 e. The van der Waals surface area contributed by atoms with Crippen LogP contribution in [0.4, 0.5) is 0 Å². The average molecular weight is 709 g/mol. The summed E-state index contributed by atoms with van der Waals surface area (Å²) in [4.78, 5) is 51.1. The predicted molar refractivity (Wildman–Crippen MR) is 170 cm³/mol. The Hall–Kier alpha value is -2.36. The third-order valence-electron chi connectivity index (χ3n) is 8.22. The largest absolute Gasteiger partial charge is 0.388 e. The zero-order chi connectivity index (χ0) is 36.5. The van der Waals surface area contributed by atoms with Crippen LogP contribution in [0.5, 0.6) is 0 Å². The molecule has 9 N–H and O–H groups in total. The van der Waals surface area contributed by atoms with E-state index >= 15 is 0 Å². The van der Waals surface area contributed by atoms with Crippen LogP contribution < -0.4 is 16.0 Å². The van der Waals surface area contributed by atoms with E-state index in [1.54, 1.807) is 4.90 Å². The van der Waals surface area contributed by atoms with Crippen LogP contribution in [0.1, 0.15) is 59.3 Å². The zero-order valence-corrected chi connectivity index (χ0v) is 28.6. The molecule has 3 amide bonds. The molecule has 0 radical (unpaired) electrons. The summed E-state index contributed by atoms with van der Waals surface area (Å²) >= 11 is 0. The topological polar surface area (TPSA) is 266 Å². The van der Waals surface area contributed by atoms with Crippen molar-refractivity contribution in [3.63, 3.8) is 0 Å². The Labute approximate surface area is 286 Å². The van der Waals surface area contributed by atoms with E-state index in [0.29, 0.717) is 25.8 Å². The van der Waals surface area contributed by atoms with E-state index in [4.69, 9.17) is 18.9 Å².